The van der Waals surface area contributed by atoms with Gasteiger partial charge in [-0.15, -0.1) is 0 Å². The number of fused-ring (bicyclic) bond motifs is 1. The first-order valence-corrected chi connectivity index (χ1v) is 13.6. The number of phenolic OH excluding ortho intramolecular Hbond substituents is 1. The van der Waals surface area contributed by atoms with Gasteiger partial charge in [-0.3, -0.25) is 0 Å². The largest absolute Gasteiger partial charge is 0.508 e. The quantitative estimate of drug-likeness (QED) is 0.252. The van der Waals surface area contributed by atoms with Crippen molar-refractivity contribution < 1.29 is 19.3 Å². The molecule has 2 saturated carbocycles. The first kappa shape index (κ1) is 23.9. The van der Waals surface area contributed by atoms with E-state index in [1.165, 1.54) is 56.1 Å². The number of hydrogen-bond donors (Lipinski definition) is 2. The Morgan fingerprint density at radius 2 is 1.46 bits per heavy atom. The zero-order chi connectivity index (χ0) is 25.0. The lowest BCUT2D eigenvalue weighted by molar-refractivity contribution is 0.174. The lowest BCUT2D eigenvalue weighted by Crippen LogP contribution is -2.34. The molecule has 0 atom stereocenters. The molecule has 3 aromatic rings. The molecule has 1 aliphatic heterocycles. The zero-order valence-electron chi connectivity index (χ0n) is 21.2. The highest BCUT2D eigenvalue weighted by molar-refractivity contribution is 6.00. The van der Waals surface area contributed by atoms with Crippen molar-refractivity contribution in [3.63, 3.8) is 0 Å². The first-order valence-electron chi connectivity index (χ1n) is 13.6. The molecule has 2 aliphatic carbocycles. The fourth-order valence-electron chi connectivity index (χ4n) is 5.58. The van der Waals surface area contributed by atoms with Crippen molar-refractivity contribution in [1.82, 2.24) is 5.32 Å². The van der Waals surface area contributed by atoms with E-state index in [0.29, 0.717) is 18.6 Å². The van der Waals surface area contributed by atoms with Crippen molar-refractivity contribution in [2.45, 2.75) is 51.0 Å². The highest BCUT2D eigenvalue weighted by Gasteiger charge is 2.31. The summed E-state index contributed by atoms with van der Waals surface area (Å²) in [6, 6.07) is 22.9. The minimum absolute atomic E-state index is 0.268. The van der Waals surface area contributed by atoms with Crippen LogP contribution in [-0.2, 0) is 0 Å². The Labute approximate surface area is 219 Å². The number of allylic oxidation sites excluding steroid dienone is 1. The van der Waals surface area contributed by atoms with Crippen LogP contribution >= 0.6 is 0 Å². The lowest BCUT2D eigenvalue weighted by Gasteiger charge is -2.22. The summed E-state index contributed by atoms with van der Waals surface area (Å²) in [6.45, 7) is 1.81. The van der Waals surface area contributed by atoms with E-state index in [4.69, 9.17) is 14.2 Å². The van der Waals surface area contributed by atoms with Gasteiger partial charge in [0.25, 0.3) is 0 Å². The molecule has 3 aromatic carbocycles. The molecule has 5 nitrogen and oxygen atoms in total. The molecule has 0 radical (unpaired) electrons. The van der Waals surface area contributed by atoms with E-state index in [0.717, 1.165) is 40.5 Å². The molecule has 0 spiro atoms. The van der Waals surface area contributed by atoms with Gasteiger partial charge in [0.2, 0.25) is 6.79 Å². The third-order valence-corrected chi connectivity index (χ3v) is 7.65. The Bertz CT molecular complexity index is 1240. The van der Waals surface area contributed by atoms with Crippen LogP contribution in [0.1, 0.15) is 61.6 Å². The van der Waals surface area contributed by atoms with E-state index in [1.54, 1.807) is 12.1 Å². The van der Waals surface area contributed by atoms with E-state index in [1.807, 2.05) is 18.2 Å². The van der Waals surface area contributed by atoms with Crippen molar-refractivity contribution in [2.24, 2.45) is 5.92 Å². The summed E-state index contributed by atoms with van der Waals surface area (Å²) in [7, 11) is 0. The van der Waals surface area contributed by atoms with Gasteiger partial charge < -0.3 is 24.6 Å². The van der Waals surface area contributed by atoms with Crippen molar-refractivity contribution in [2.75, 3.05) is 19.9 Å². The summed E-state index contributed by atoms with van der Waals surface area (Å²) in [6.07, 6.45) is 8.96. The molecular weight excluding hydrogens is 462 g/mol. The number of benzene rings is 3. The second-order valence-electron chi connectivity index (χ2n) is 10.3. The molecule has 5 heteroatoms. The average Bonchev–Trinajstić information content (AvgIpc) is 3.67. The molecule has 1 heterocycles. The predicted octanol–water partition coefficient (Wildman–Crippen LogP) is 6.79. The number of ether oxygens (including phenoxy) is 3. The second kappa shape index (κ2) is 10.9. The lowest BCUT2D eigenvalue weighted by atomic mass is 9.87. The van der Waals surface area contributed by atoms with Gasteiger partial charge in [0.15, 0.2) is 11.5 Å². The van der Waals surface area contributed by atoms with E-state index in [9.17, 15) is 5.11 Å². The summed E-state index contributed by atoms with van der Waals surface area (Å²) >= 11 is 0. The third-order valence-electron chi connectivity index (χ3n) is 7.65. The smallest absolute Gasteiger partial charge is 0.231 e. The maximum Gasteiger partial charge on any atom is 0.231 e. The molecule has 0 aromatic heterocycles. The van der Waals surface area contributed by atoms with Crippen molar-refractivity contribution in [3.05, 3.63) is 83.4 Å². The Morgan fingerprint density at radius 3 is 2.19 bits per heavy atom. The summed E-state index contributed by atoms with van der Waals surface area (Å²) in [5.74, 6) is 3.24. The van der Waals surface area contributed by atoms with Crippen molar-refractivity contribution in [1.29, 1.82) is 0 Å². The van der Waals surface area contributed by atoms with E-state index in [-0.39, 0.29) is 12.5 Å². The minimum atomic E-state index is 0.268. The van der Waals surface area contributed by atoms with Crippen LogP contribution in [0.5, 0.6) is 23.0 Å². The second-order valence-corrected chi connectivity index (χ2v) is 10.3. The topological polar surface area (TPSA) is 60.0 Å². The van der Waals surface area contributed by atoms with E-state index in [2.05, 4.69) is 41.7 Å². The molecule has 37 heavy (non-hydrogen) atoms. The SMILES string of the molecule is Oc1ccc(/C(=C(\c2ccc3c(c2)OCO3)C2CC2)c2ccc(OCCNC3CCCCC3)cc2)cc1. The summed E-state index contributed by atoms with van der Waals surface area (Å²) in [4.78, 5) is 0. The maximum absolute atomic E-state index is 9.95. The van der Waals surface area contributed by atoms with Crippen LogP contribution in [0.4, 0.5) is 0 Å². The Hall–Kier alpha value is -3.44. The average molecular weight is 498 g/mol. The molecule has 3 aliphatic rings. The van der Waals surface area contributed by atoms with Crippen LogP contribution in [-0.4, -0.2) is 31.1 Å². The van der Waals surface area contributed by atoms with Crippen LogP contribution < -0.4 is 19.5 Å². The van der Waals surface area contributed by atoms with Crippen LogP contribution in [0.2, 0.25) is 0 Å². The zero-order valence-corrected chi connectivity index (χ0v) is 21.2. The van der Waals surface area contributed by atoms with E-state index >= 15 is 0 Å². The van der Waals surface area contributed by atoms with Crippen LogP contribution in [0.15, 0.2) is 66.7 Å². The number of phenols is 1. The first-order chi connectivity index (χ1) is 18.2. The predicted molar refractivity (Wildman–Crippen MR) is 146 cm³/mol. The molecule has 6 rings (SSSR count). The molecule has 0 saturated heterocycles. The van der Waals surface area contributed by atoms with Crippen LogP contribution in [0, 0.1) is 5.92 Å². The van der Waals surface area contributed by atoms with Gasteiger partial charge in [-0.2, -0.15) is 0 Å². The highest BCUT2D eigenvalue weighted by atomic mass is 16.7. The van der Waals surface area contributed by atoms with Crippen molar-refractivity contribution >= 4 is 11.1 Å². The normalized spacial score (nSPS) is 17.9. The van der Waals surface area contributed by atoms with Gasteiger partial charge in [0.1, 0.15) is 18.1 Å². The van der Waals surface area contributed by atoms with Crippen LogP contribution in [0.3, 0.4) is 0 Å². The van der Waals surface area contributed by atoms with Gasteiger partial charge in [0, 0.05) is 12.6 Å². The highest BCUT2D eigenvalue weighted by Crippen LogP contribution is 2.49. The standard InChI is InChI=1S/C32H35NO4/c34-27-13-8-23(9-14-27)31(32(22-6-7-22)25-12-17-29-30(20-25)37-21-36-29)24-10-15-28(16-11-24)35-19-18-33-26-4-2-1-3-5-26/h8-17,20,22,26,33-34H,1-7,18-19,21H2/b32-31+. The van der Waals surface area contributed by atoms with Gasteiger partial charge in [-0.25, -0.2) is 0 Å². The van der Waals surface area contributed by atoms with Gasteiger partial charge in [-0.05, 0) is 95.8 Å². The number of aromatic hydroxyl groups is 1. The number of hydrogen-bond acceptors (Lipinski definition) is 5. The van der Waals surface area contributed by atoms with Crippen LogP contribution in [0.25, 0.3) is 11.1 Å². The molecule has 0 unspecified atom stereocenters. The molecule has 192 valence electrons. The van der Waals surface area contributed by atoms with Gasteiger partial charge >= 0.3 is 0 Å². The number of nitrogens with one attached hydrogen (secondary N) is 1. The molecule has 0 bridgehead atoms. The molecular formula is C32H35NO4. The van der Waals surface area contributed by atoms with Gasteiger partial charge in [0.05, 0.1) is 0 Å². The third kappa shape index (κ3) is 5.62. The Morgan fingerprint density at radius 1 is 0.784 bits per heavy atom. The van der Waals surface area contributed by atoms with E-state index < -0.39 is 0 Å². The minimum Gasteiger partial charge on any atom is -0.508 e. The van der Waals surface area contributed by atoms with Crippen molar-refractivity contribution in [3.8, 4) is 23.0 Å². The molecule has 0 amide bonds. The Balaban J connectivity index is 1.27. The molecule has 2 N–H and O–H groups in total. The Kier molecular flexibility index (Phi) is 7.05. The summed E-state index contributed by atoms with van der Waals surface area (Å²) in [5, 5.41) is 13.6. The fourth-order valence-corrected chi connectivity index (χ4v) is 5.58. The fraction of sp³-hybridized carbons (Fsp3) is 0.375. The monoisotopic (exact) mass is 497 g/mol. The summed E-state index contributed by atoms with van der Waals surface area (Å²) in [5.41, 5.74) is 5.88. The molecule has 2 fully saturated rings. The maximum atomic E-state index is 9.95. The number of rotatable bonds is 9. The van der Waals surface area contributed by atoms with Gasteiger partial charge in [-0.1, -0.05) is 49.6 Å². The summed E-state index contributed by atoms with van der Waals surface area (Å²) < 4.78 is 17.3.